The Hall–Kier alpha value is -1.97. The predicted molar refractivity (Wildman–Crippen MR) is 48.3 cm³/mol. The molecule has 13 heavy (non-hydrogen) atoms. The normalized spacial score (nSPS) is 11.1. The minimum Gasteiger partial charge on any atom is -0.290 e. The van der Waals surface area contributed by atoms with Crippen molar-refractivity contribution in [2.45, 2.75) is 0 Å². The standard InChI is InChI=1S/C9H6N4/c1-2-10-5-7-6-13-4-3-11-9(13)12-8(1)7/h1-6H. The lowest BCUT2D eigenvalue weighted by molar-refractivity contribution is 1.14. The summed E-state index contributed by atoms with van der Waals surface area (Å²) in [6, 6.07) is 1.88. The molecule has 0 spiro atoms. The number of aromatic nitrogens is 4. The molecular weight excluding hydrogens is 164 g/mol. The van der Waals surface area contributed by atoms with Crippen LogP contribution in [0.25, 0.3) is 16.7 Å². The zero-order valence-corrected chi connectivity index (χ0v) is 6.75. The number of hydrogen-bond donors (Lipinski definition) is 0. The van der Waals surface area contributed by atoms with Crippen molar-refractivity contribution in [3.63, 3.8) is 0 Å². The summed E-state index contributed by atoms with van der Waals surface area (Å²) in [7, 11) is 0. The Morgan fingerprint density at radius 3 is 3.23 bits per heavy atom. The lowest BCUT2D eigenvalue weighted by Gasteiger charge is -1.96. The van der Waals surface area contributed by atoms with Crippen LogP contribution in [0.2, 0.25) is 0 Å². The molecule has 0 amide bonds. The van der Waals surface area contributed by atoms with Crippen molar-refractivity contribution < 1.29 is 0 Å². The molecule has 0 saturated heterocycles. The van der Waals surface area contributed by atoms with E-state index in [1.165, 1.54) is 0 Å². The number of fused-ring (bicyclic) bond motifs is 2. The van der Waals surface area contributed by atoms with Gasteiger partial charge in [0.15, 0.2) is 0 Å². The Kier molecular flexibility index (Phi) is 1.14. The zero-order valence-electron chi connectivity index (χ0n) is 6.75. The maximum absolute atomic E-state index is 4.35. The molecule has 0 fully saturated rings. The van der Waals surface area contributed by atoms with Crippen molar-refractivity contribution in [3.8, 4) is 0 Å². The Morgan fingerprint density at radius 1 is 1.23 bits per heavy atom. The van der Waals surface area contributed by atoms with Crippen molar-refractivity contribution >= 4 is 16.7 Å². The molecule has 0 aromatic carbocycles. The smallest absolute Gasteiger partial charge is 0.234 e. The maximum Gasteiger partial charge on any atom is 0.234 e. The van der Waals surface area contributed by atoms with Gasteiger partial charge < -0.3 is 0 Å². The van der Waals surface area contributed by atoms with Crippen molar-refractivity contribution in [2.24, 2.45) is 0 Å². The number of rotatable bonds is 0. The highest BCUT2D eigenvalue weighted by Gasteiger charge is 1.98. The largest absolute Gasteiger partial charge is 0.290 e. The molecule has 0 bridgehead atoms. The molecule has 0 aliphatic heterocycles. The fourth-order valence-corrected chi connectivity index (χ4v) is 1.35. The average Bonchev–Trinajstić information content (AvgIpc) is 2.61. The second-order valence-corrected chi connectivity index (χ2v) is 2.81. The van der Waals surface area contributed by atoms with Gasteiger partial charge in [0, 0.05) is 36.4 Å². The third-order valence-electron chi connectivity index (χ3n) is 1.97. The quantitative estimate of drug-likeness (QED) is 0.510. The molecule has 0 aliphatic carbocycles. The first-order valence-electron chi connectivity index (χ1n) is 3.97. The molecule has 3 rings (SSSR count). The van der Waals surface area contributed by atoms with Gasteiger partial charge in [0.05, 0.1) is 5.52 Å². The number of imidazole rings is 1. The van der Waals surface area contributed by atoms with E-state index < -0.39 is 0 Å². The van der Waals surface area contributed by atoms with Crippen LogP contribution >= 0.6 is 0 Å². The van der Waals surface area contributed by atoms with Crippen LogP contribution in [-0.4, -0.2) is 19.4 Å². The SMILES string of the molecule is c1cc2nc3nccn3cc2cn1. The van der Waals surface area contributed by atoms with Crippen molar-refractivity contribution in [2.75, 3.05) is 0 Å². The highest BCUT2D eigenvalue weighted by atomic mass is 15.1. The van der Waals surface area contributed by atoms with Crippen LogP contribution < -0.4 is 0 Å². The van der Waals surface area contributed by atoms with E-state index in [0.717, 1.165) is 16.7 Å². The molecular formula is C9H6N4. The van der Waals surface area contributed by atoms with Gasteiger partial charge in [0.25, 0.3) is 0 Å². The third kappa shape index (κ3) is 0.885. The van der Waals surface area contributed by atoms with Crippen LogP contribution in [-0.2, 0) is 0 Å². The van der Waals surface area contributed by atoms with E-state index >= 15 is 0 Å². The Balaban J connectivity index is 2.57. The van der Waals surface area contributed by atoms with E-state index in [9.17, 15) is 0 Å². The molecule has 3 aromatic heterocycles. The Labute approximate surface area is 73.9 Å². The van der Waals surface area contributed by atoms with Gasteiger partial charge in [0.1, 0.15) is 0 Å². The van der Waals surface area contributed by atoms with E-state index in [2.05, 4.69) is 15.0 Å². The van der Waals surface area contributed by atoms with Gasteiger partial charge in [-0.3, -0.25) is 9.38 Å². The molecule has 0 atom stereocenters. The van der Waals surface area contributed by atoms with Gasteiger partial charge in [-0.15, -0.1) is 0 Å². The summed E-state index contributed by atoms with van der Waals surface area (Å²) in [5, 5.41) is 1.02. The van der Waals surface area contributed by atoms with Gasteiger partial charge in [-0.25, -0.2) is 9.97 Å². The number of hydrogen-bond acceptors (Lipinski definition) is 3. The van der Waals surface area contributed by atoms with Crippen LogP contribution in [0.5, 0.6) is 0 Å². The predicted octanol–water partition coefficient (Wildman–Crippen LogP) is 1.28. The summed E-state index contributed by atoms with van der Waals surface area (Å²) in [5.41, 5.74) is 0.925. The Morgan fingerprint density at radius 2 is 2.23 bits per heavy atom. The highest BCUT2D eigenvalue weighted by molar-refractivity contribution is 5.77. The van der Waals surface area contributed by atoms with Gasteiger partial charge in [0.2, 0.25) is 5.78 Å². The van der Waals surface area contributed by atoms with Gasteiger partial charge >= 0.3 is 0 Å². The number of pyridine rings is 1. The number of nitrogens with zero attached hydrogens (tertiary/aromatic N) is 4. The molecule has 62 valence electrons. The molecule has 0 N–H and O–H groups in total. The van der Waals surface area contributed by atoms with Gasteiger partial charge in [-0.1, -0.05) is 0 Å². The summed E-state index contributed by atoms with van der Waals surface area (Å²) < 4.78 is 1.88. The summed E-state index contributed by atoms with van der Waals surface area (Å²) in [6.07, 6.45) is 9.09. The van der Waals surface area contributed by atoms with Crippen LogP contribution in [0.1, 0.15) is 0 Å². The minimum absolute atomic E-state index is 0.721. The van der Waals surface area contributed by atoms with E-state index in [1.807, 2.05) is 22.9 Å². The summed E-state index contributed by atoms with van der Waals surface area (Å²) >= 11 is 0. The zero-order chi connectivity index (χ0) is 8.67. The first kappa shape index (κ1) is 6.54. The molecule has 4 nitrogen and oxygen atoms in total. The van der Waals surface area contributed by atoms with E-state index in [1.54, 1.807) is 18.6 Å². The monoisotopic (exact) mass is 170 g/mol. The second kappa shape index (κ2) is 2.26. The van der Waals surface area contributed by atoms with E-state index in [4.69, 9.17) is 0 Å². The van der Waals surface area contributed by atoms with Crippen molar-refractivity contribution in [1.29, 1.82) is 0 Å². The first-order valence-corrected chi connectivity index (χ1v) is 3.97. The van der Waals surface area contributed by atoms with E-state index in [-0.39, 0.29) is 0 Å². The molecule has 3 aromatic rings. The van der Waals surface area contributed by atoms with Gasteiger partial charge in [-0.2, -0.15) is 0 Å². The van der Waals surface area contributed by atoms with Crippen LogP contribution in [0.3, 0.4) is 0 Å². The van der Waals surface area contributed by atoms with Crippen LogP contribution in [0, 0.1) is 0 Å². The molecule has 0 saturated carbocycles. The third-order valence-corrected chi connectivity index (χ3v) is 1.97. The van der Waals surface area contributed by atoms with Crippen LogP contribution in [0.15, 0.2) is 37.1 Å². The Bertz CT molecular complexity index is 520. The van der Waals surface area contributed by atoms with Crippen molar-refractivity contribution in [1.82, 2.24) is 19.4 Å². The fourth-order valence-electron chi connectivity index (χ4n) is 1.35. The summed E-state index contributed by atoms with van der Waals surface area (Å²) in [5.74, 6) is 0.721. The molecule has 4 heteroatoms. The van der Waals surface area contributed by atoms with Gasteiger partial charge in [-0.05, 0) is 6.07 Å². The maximum atomic E-state index is 4.35. The minimum atomic E-state index is 0.721. The fraction of sp³-hybridized carbons (Fsp3) is 0. The lowest BCUT2D eigenvalue weighted by atomic mass is 10.3. The van der Waals surface area contributed by atoms with Crippen molar-refractivity contribution in [3.05, 3.63) is 37.1 Å². The molecule has 3 heterocycles. The topological polar surface area (TPSA) is 43.1 Å². The van der Waals surface area contributed by atoms with Crippen LogP contribution in [0.4, 0.5) is 0 Å². The molecule has 0 aliphatic rings. The average molecular weight is 170 g/mol. The summed E-state index contributed by atoms with van der Waals surface area (Å²) in [6.45, 7) is 0. The second-order valence-electron chi connectivity index (χ2n) is 2.81. The molecule has 0 unspecified atom stereocenters. The van der Waals surface area contributed by atoms with E-state index in [0.29, 0.717) is 0 Å². The lowest BCUT2D eigenvalue weighted by Crippen LogP contribution is -1.88. The summed E-state index contributed by atoms with van der Waals surface area (Å²) in [4.78, 5) is 12.5. The highest BCUT2D eigenvalue weighted by Crippen LogP contribution is 2.09. The first-order chi connectivity index (χ1) is 6.43. The molecule has 0 radical (unpaired) electrons.